The number of anilines is 2. The average Bonchev–Trinajstić information content (AvgIpc) is 3.15. The van der Waals surface area contributed by atoms with Gasteiger partial charge in [-0.15, -0.1) is 0 Å². The number of rotatable bonds is 11. The Morgan fingerprint density at radius 1 is 1.17 bits per heavy atom. The Morgan fingerprint density at radius 2 is 1.91 bits per heavy atom. The molecular formula is C24H26N4O5S2. The molecule has 11 heteroatoms. The Hall–Kier alpha value is -3.28. The van der Waals surface area contributed by atoms with Gasteiger partial charge in [0.1, 0.15) is 11.4 Å². The van der Waals surface area contributed by atoms with Gasteiger partial charge in [0.05, 0.1) is 28.6 Å². The predicted octanol–water partition coefficient (Wildman–Crippen LogP) is 4.57. The number of aromatic nitrogens is 2. The molecule has 9 nitrogen and oxygen atoms in total. The third-order valence-corrected chi connectivity index (χ3v) is 6.58. The summed E-state index contributed by atoms with van der Waals surface area (Å²) in [5, 5.41) is 13.9. The minimum Gasteiger partial charge on any atom is -0.481 e. The monoisotopic (exact) mass is 514 g/mol. The van der Waals surface area contributed by atoms with Gasteiger partial charge in [-0.2, -0.15) is 5.06 Å². The Bertz CT molecular complexity index is 1170. The van der Waals surface area contributed by atoms with E-state index in [1.165, 1.54) is 11.8 Å². The highest BCUT2D eigenvalue weighted by atomic mass is 32.2. The van der Waals surface area contributed by atoms with Crippen LogP contribution >= 0.6 is 23.1 Å². The first-order valence-corrected chi connectivity index (χ1v) is 12.5. The van der Waals surface area contributed by atoms with E-state index in [2.05, 4.69) is 15.3 Å². The highest BCUT2D eigenvalue weighted by Crippen LogP contribution is 2.36. The fraction of sp³-hybridized carbons (Fsp3) is 0.292. The summed E-state index contributed by atoms with van der Waals surface area (Å²) in [7, 11) is 0. The largest absolute Gasteiger partial charge is 0.481 e. The lowest BCUT2D eigenvalue weighted by Gasteiger charge is -2.23. The van der Waals surface area contributed by atoms with Crippen LogP contribution in [0.1, 0.15) is 31.5 Å². The average molecular weight is 515 g/mol. The highest BCUT2D eigenvalue weighted by molar-refractivity contribution is 8.01. The number of thiazole rings is 1. The summed E-state index contributed by atoms with van der Waals surface area (Å²) in [6.45, 7) is 6.16. The van der Waals surface area contributed by atoms with E-state index in [4.69, 9.17) is 4.84 Å². The van der Waals surface area contributed by atoms with Crippen LogP contribution in [0.25, 0.3) is 0 Å². The molecule has 0 fully saturated rings. The lowest BCUT2D eigenvalue weighted by molar-refractivity contribution is -0.136. The summed E-state index contributed by atoms with van der Waals surface area (Å²) in [6.07, 6.45) is 0.864. The molecule has 2 aromatic heterocycles. The number of carbonyl (C=O) groups excluding carboxylic acids is 2. The van der Waals surface area contributed by atoms with Crippen molar-refractivity contribution in [3.8, 4) is 0 Å². The van der Waals surface area contributed by atoms with Gasteiger partial charge in [-0.05, 0) is 37.1 Å². The van der Waals surface area contributed by atoms with Gasteiger partial charge in [-0.1, -0.05) is 60.7 Å². The maximum Gasteiger partial charge on any atom is 0.309 e. The van der Waals surface area contributed by atoms with E-state index < -0.39 is 24.2 Å². The van der Waals surface area contributed by atoms with E-state index in [0.717, 1.165) is 22.0 Å². The second-order valence-corrected chi connectivity index (χ2v) is 10.3. The molecule has 0 atom stereocenters. The number of amides is 2. The van der Waals surface area contributed by atoms with E-state index in [-0.39, 0.29) is 17.5 Å². The van der Waals surface area contributed by atoms with Gasteiger partial charge < -0.3 is 10.4 Å². The molecule has 3 rings (SSSR count). The Balaban J connectivity index is 1.72. The molecule has 0 radical (unpaired) electrons. The zero-order valence-electron chi connectivity index (χ0n) is 19.6. The third-order valence-electron chi connectivity index (χ3n) is 4.41. The zero-order chi connectivity index (χ0) is 25.4. The number of nitrogens with zero attached hydrogens (tertiary/aromatic N) is 3. The number of benzene rings is 1. The van der Waals surface area contributed by atoms with Gasteiger partial charge in [-0.3, -0.25) is 19.2 Å². The molecule has 2 amide bonds. The number of carboxylic acids is 1. The van der Waals surface area contributed by atoms with Gasteiger partial charge in [0, 0.05) is 6.20 Å². The molecule has 0 aliphatic rings. The van der Waals surface area contributed by atoms with Crippen LogP contribution in [0.3, 0.4) is 0 Å². The molecule has 35 heavy (non-hydrogen) atoms. The second kappa shape index (κ2) is 12.4. The van der Waals surface area contributed by atoms with E-state index in [1.807, 2.05) is 39.0 Å². The molecule has 0 spiro atoms. The van der Waals surface area contributed by atoms with Crippen molar-refractivity contribution in [3.05, 3.63) is 59.9 Å². The lowest BCUT2D eigenvalue weighted by Crippen LogP contribution is -2.35. The van der Waals surface area contributed by atoms with Crippen molar-refractivity contribution < 1.29 is 24.3 Å². The molecule has 184 valence electrons. The number of pyridine rings is 1. The van der Waals surface area contributed by atoms with Crippen LogP contribution in [0.5, 0.6) is 0 Å². The number of hydrogen-bond donors (Lipinski definition) is 2. The normalized spacial score (nSPS) is 10.9. The topological polar surface area (TPSA) is 122 Å². The molecule has 0 saturated heterocycles. The Kier molecular flexibility index (Phi) is 9.35. The summed E-state index contributed by atoms with van der Waals surface area (Å²) < 4.78 is 0.606. The summed E-state index contributed by atoms with van der Waals surface area (Å²) in [5.74, 6) is -1.97. The summed E-state index contributed by atoms with van der Waals surface area (Å²) in [4.78, 5) is 51.1. The number of hydrogen-bond acceptors (Lipinski definition) is 8. The van der Waals surface area contributed by atoms with Crippen LogP contribution in [0.2, 0.25) is 0 Å². The smallest absolute Gasteiger partial charge is 0.309 e. The zero-order valence-corrected chi connectivity index (χ0v) is 21.2. The fourth-order valence-corrected chi connectivity index (χ4v) is 4.87. The maximum atomic E-state index is 12.9. The summed E-state index contributed by atoms with van der Waals surface area (Å²) in [6, 6.07) is 12.6. The number of carbonyl (C=O) groups is 3. The summed E-state index contributed by atoms with van der Waals surface area (Å²) >= 11 is 2.40. The minimum absolute atomic E-state index is 0.183. The van der Waals surface area contributed by atoms with Crippen molar-refractivity contribution in [2.75, 3.05) is 17.0 Å². The van der Waals surface area contributed by atoms with Crippen molar-refractivity contribution in [1.29, 1.82) is 0 Å². The van der Waals surface area contributed by atoms with E-state index in [1.54, 1.807) is 30.5 Å². The van der Waals surface area contributed by atoms with Crippen molar-refractivity contribution >= 4 is 51.7 Å². The first-order chi connectivity index (χ1) is 16.7. The second-order valence-electron chi connectivity index (χ2n) is 8.03. The number of nitrogens with one attached hydrogen (secondary N) is 1. The Morgan fingerprint density at radius 3 is 2.54 bits per heavy atom. The molecule has 2 N–H and O–H groups in total. The van der Waals surface area contributed by atoms with Gasteiger partial charge in [-0.25, -0.2) is 9.97 Å². The summed E-state index contributed by atoms with van der Waals surface area (Å²) in [5.41, 5.74) is 1.88. The van der Waals surface area contributed by atoms with E-state index in [0.29, 0.717) is 27.2 Å². The number of aliphatic carboxylic acids is 1. The molecule has 0 saturated carbocycles. The van der Waals surface area contributed by atoms with Crippen molar-refractivity contribution in [1.82, 2.24) is 9.97 Å². The molecule has 0 aliphatic carbocycles. The van der Waals surface area contributed by atoms with Gasteiger partial charge in [0.25, 0.3) is 5.91 Å². The van der Waals surface area contributed by atoms with Crippen molar-refractivity contribution in [2.45, 2.75) is 42.8 Å². The van der Waals surface area contributed by atoms with E-state index in [9.17, 15) is 19.5 Å². The van der Waals surface area contributed by atoms with Gasteiger partial charge in [0.15, 0.2) is 5.13 Å². The van der Waals surface area contributed by atoms with Crippen LogP contribution in [-0.2, 0) is 25.6 Å². The van der Waals surface area contributed by atoms with Crippen molar-refractivity contribution in [2.24, 2.45) is 5.92 Å². The Labute approximate surface area is 211 Å². The highest BCUT2D eigenvalue weighted by Gasteiger charge is 2.23. The lowest BCUT2D eigenvalue weighted by atomic mass is 10.2. The van der Waals surface area contributed by atoms with E-state index >= 15 is 0 Å². The van der Waals surface area contributed by atoms with Crippen LogP contribution in [0.4, 0.5) is 10.8 Å². The molecule has 0 aliphatic heterocycles. The van der Waals surface area contributed by atoms with Crippen LogP contribution in [0, 0.1) is 12.8 Å². The molecule has 0 bridgehead atoms. The molecule has 2 heterocycles. The maximum absolute atomic E-state index is 12.9. The molecule has 1 aromatic carbocycles. The first-order valence-electron chi connectivity index (χ1n) is 10.8. The number of carboxylic acid groups (broad SMARTS) is 1. The molecule has 3 aromatic rings. The number of hydroxylamine groups is 1. The fourth-order valence-electron chi connectivity index (χ4n) is 2.80. The van der Waals surface area contributed by atoms with Crippen LogP contribution in [-0.4, -0.2) is 39.5 Å². The van der Waals surface area contributed by atoms with Gasteiger partial charge >= 0.3 is 5.97 Å². The predicted molar refractivity (Wildman–Crippen MR) is 135 cm³/mol. The third kappa shape index (κ3) is 8.16. The van der Waals surface area contributed by atoms with Crippen molar-refractivity contribution in [3.63, 3.8) is 0 Å². The minimum atomic E-state index is -1.04. The van der Waals surface area contributed by atoms with Crippen LogP contribution in [0.15, 0.2) is 57.9 Å². The molecular weight excluding hydrogens is 488 g/mol. The molecule has 0 unspecified atom stereocenters. The standard InChI is InChI=1S/C24H26N4O5S2/c1-15(2)14-33-28(17-9-7-16(3)8-10-17)21(30)13-19(29)27-24-26-18(12-22(31)32)23(35-24)34-20-6-4-5-11-25-20/h4-11,15H,12-14H2,1-3H3,(H,31,32)(H,26,27,29). The van der Waals surface area contributed by atoms with Crippen LogP contribution < -0.4 is 10.4 Å². The van der Waals surface area contributed by atoms with Gasteiger partial charge in [0.2, 0.25) is 5.91 Å². The SMILES string of the molecule is Cc1ccc(N(OCC(C)C)C(=O)CC(=O)Nc2nc(CC(=O)O)c(Sc3ccccn3)s2)cc1. The number of aryl methyl sites for hydroxylation is 1. The first kappa shape index (κ1) is 26.3. The quantitative estimate of drug-likeness (QED) is 0.282.